The van der Waals surface area contributed by atoms with Gasteiger partial charge in [0.05, 0.1) is 6.04 Å². The van der Waals surface area contributed by atoms with Crippen LogP contribution in [0.5, 0.6) is 0 Å². The Morgan fingerprint density at radius 1 is 1.16 bits per heavy atom. The highest BCUT2D eigenvalue weighted by Gasteiger charge is 2.55. The van der Waals surface area contributed by atoms with Crippen LogP contribution in [0.2, 0.25) is 0 Å². The van der Waals surface area contributed by atoms with Crippen LogP contribution < -0.4 is 5.32 Å². The molecular weight excluding hydrogens is 314 g/mol. The van der Waals surface area contributed by atoms with Crippen molar-refractivity contribution in [2.24, 2.45) is 5.41 Å². The van der Waals surface area contributed by atoms with Crippen LogP contribution >= 0.6 is 0 Å². The number of nitrogens with one attached hydrogen (secondary N) is 1. The number of carbonyl (C=O) groups is 1. The van der Waals surface area contributed by atoms with Crippen molar-refractivity contribution in [1.82, 2.24) is 15.1 Å². The van der Waals surface area contributed by atoms with Crippen molar-refractivity contribution in [3.63, 3.8) is 0 Å². The van der Waals surface area contributed by atoms with E-state index in [4.69, 9.17) is 4.74 Å². The molecule has 0 aromatic rings. The number of nitrogens with zero attached hydrogens (tertiary/aromatic N) is 2. The molecule has 3 saturated heterocycles. The van der Waals surface area contributed by atoms with E-state index in [0.29, 0.717) is 5.41 Å². The zero-order chi connectivity index (χ0) is 17.7. The first-order chi connectivity index (χ1) is 12.1. The molecule has 3 heterocycles. The molecule has 1 N–H and O–H groups in total. The van der Waals surface area contributed by atoms with Crippen LogP contribution in [0.25, 0.3) is 0 Å². The minimum Gasteiger partial charge on any atom is -0.440 e. The second-order valence-corrected chi connectivity index (χ2v) is 8.78. The first-order valence-electron chi connectivity index (χ1n) is 10.5. The summed E-state index contributed by atoms with van der Waals surface area (Å²) >= 11 is 0. The van der Waals surface area contributed by atoms with Crippen molar-refractivity contribution in [3.05, 3.63) is 0 Å². The number of carbonyl (C=O) groups excluding carboxylic acids is 1. The van der Waals surface area contributed by atoms with Gasteiger partial charge in [-0.15, -0.1) is 0 Å². The number of hydrogen-bond donors (Lipinski definition) is 1. The average molecular weight is 350 g/mol. The minimum absolute atomic E-state index is 0.0889. The Balaban J connectivity index is 1.38. The number of rotatable bonds is 4. The zero-order valence-electron chi connectivity index (χ0n) is 16.2. The molecule has 0 bridgehead atoms. The summed E-state index contributed by atoms with van der Waals surface area (Å²) in [6, 6.07) is 1.75. The number of likely N-dealkylation sites (tertiary alicyclic amines) is 1. The molecule has 1 saturated carbocycles. The minimum atomic E-state index is -0.224. The molecule has 2 spiro atoms. The Kier molecular flexibility index (Phi) is 4.52. The molecule has 4 unspecified atom stereocenters. The number of amides is 1. The Labute approximate surface area is 152 Å². The van der Waals surface area contributed by atoms with Crippen LogP contribution in [0, 0.1) is 5.41 Å². The molecule has 0 aromatic heterocycles. The Hall–Kier alpha value is -0.810. The van der Waals surface area contributed by atoms with Crippen LogP contribution in [0.4, 0.5) is 4.79 Å². The fraction of sp³-hybridized carbons (Fsp3) is 0.950. The first kappa shape index (κ1) is 17.6. The second kappa shape index (κ2) is 6.41. The highest BCUT2D eigenvalue weighted by atomic mass is 16.6. The molecular formula is C20H35N3O2. The van der Waals surface area contributed by atoms with Crippen LogP contribution in [0.1, 0.15) is 65.7 Å². The quantitative estimate of drug-likeness (QED) is 0.847. The maximum Gasteiger partial charge on any atom is 0.410 e. The van der Waals surface area contributed by atoms with E-state index < -0.39 is 0 Å². The lowest BCUT2D eigenvalue weighted by molar-refractivity contribution is -0.0336. The SMILES string of the molecule is CCC1NCC12CCC(N1CCC3(CC1)OC(=O)N(CC)C3CC)C2. The van der Waals surface area contributed by atoms with Gasteiger partial charge in [0.1, 0.15) is 5.60 Å². The van der Waals surface area contributed by atoms with Gasteiger partial charge in [0.25, 0.3) is 0 Å². The number of ether oxygens (including phenoxy) is 1. The molecule has 142 valence electrons. The number of hydrogen-bond acceptors (Lipinski definition) is 4. The fourth-order valence-electron chi connectivity index (χ4n) is 6.39. The van der Waals surface area contributed by atoms with E-state index >= 15 is 0 Å². The van der Waals surface area contributed by atoms with Crippen molar-refractivity contribution in [2.75, 3.05) is 26.2 Å². The van der Waals surface area contributed by atoms with Gasteiger partial charge in [-0.05, 0) is 44.4 Å². The lowest BCUT2D eigenvalue weighted by Gasteiger charge is -2.49. The molecule has 4 atom stereocenters. The number of piperidine rings is 1. The Bertz CT molecular complexity index is 515. The third kappa shape index (κ3) is 2.61. The van der Waals surface area contributed by atoms with Crippen molar-refractivity contribution in [3.8, 4) is 0 Å². The lowest BCUT2D eigenvalue weighted by Crippen LogP contribution is -2.61. The van der Waals surface area contributed by atoms with E-state index in [1.54, 1.807) is 0 Å². The zero-order valence-corrected chi connectivity index (χ0v) is 16.2. The van der Waals surface area contributed by atoms with Crippen molar-refractivity contribution >= 4 is 6.09 Å². The predicted octanol–water partition coefficient (Wildman–Crippen LogP) is 2.99. The Morgan fingerprint density at radius 3 is 2.48 bits per heavy atom. The Morgan fingerprint density at radius 2 is 1.92 bits per heavy atom. The van der Waals surface area contributed by atoms with Crippen LogP contribution in [-0.2, 0) is 4.74 Å². The van der Waals surface area contributed by atoms with Crippen LogP contribution in [-0.4, -0.2) is 65.8 Å². The average Bonchev–Trinajstić information content (AvgIpc) is 3.16. The van der Waals surface area contributed by atoms with E-state index in [-0.39, 0.29) is 17.7 Å². The first-order valence-corrected chi connectivity index (χ1v) is 10.5. The predicted molar refractivity (Wildman–Crippen MR) is 98.6 cm³/mol. The van der Waals surface area contributed by atoms with Gasteiger partial charge in [0.15, 0.2) is 0 Å². The molecule has 25 heavy (non-hydrogen) atoms. The molecule has 5 nitrogen and oxygen atoms in total. The van der Waals surface area contributed by atoms with Crippen molar-refractivity contribution in [2.45, 2.75) is 89.4 Å². The van der Waals surface area contributed by atoms with E-state index in [1.165, 1.54) is 32.2 Å². The molecule has 0 aromatic carbocycles. The van der Waals surface area contributed by atoms with Crippen LogP contribution in [0.3, 0.4) is 0 Å². The largest absolute Gasteiger partial charge is 0.440 e. The molecule has 4 rings (SSSR count). The van der Waals surface area contributed by atoms with E-state index in [9.17, 15) is 4.79 Å². The van der Waals surface area contributed by atoms with Gasteiger partial charge in [-0.1, -0.05) is 13.8 Å². The molecule has 1 aliphatic carbocycles. The van der Waals surface area contributed by atoms with Gasteiger partial charge in [-0.3, -0.25) is 0 Å². The fourth-order valence-corrected chi connectivity index (χ4v) is 6.39. The summed E-state index contributed by atoms with van der Waals surface area (Å²) in [5.41, 5.74) is 0.359. The van der Waals surface area contributed by atoms with Crippen molar-refractivity contribution < 1.29 is 9.53 Å². The van der Waals surface area contributed by atoms with Gasteiger partial charge in [0.2, 0.25) is 0 Å². The summed E-state index contributed by atoms with van der Waals surface area (Å²) in [7, 11) is 0. The maximum atomic E-state index is 12.3. The smallest absolute Gasteiger partial charge is 0.410 e. The standard InChI is InChI=1S/C20H35N3O2/c1-4-16-19(14-21-16)8-7-15(13-19)22-11-9-20(10-12-22)17(5-2)23(6-3)18(24)25-20/h15-17,21H,4-14H2,1-3H3. The highest BCUT2D eigenvalue weighted by Crippen LogP contribution is 2.49. The van der Waals surface area contributed by atoms with Gasteiger partial charge in [-0.2, -0.15) is 0 Å². The molecule has 3 aliphatic heterocycles. The summed E-state index contributed by atoms with van der Waals surface area (Å²) in [4.78, 5) is 16.9. The molecule has 4 fully saturated rings. The molecule has 1 amide bonds. The van der Waals surface area contributed by atoms with Gasteiger partial charge < -0.3 is 19.9 Å². The summed E-state index contributed by atoms with van der Waals surface area (Å²) in [5, 5.41) is 3.64. The third-order valence-corrected chi connectivity index (χ3v) is 7.86. The van der Waals surface area contributed by atoms with Gasteiger partial charge in [-0.25, -0.2) is 4.79 Å². The summed E-state index contributed by atoms with van der Waals surface area (Å²) < 4.78 is 5.97. The van der Waals surface area contributed by atoms with E-state index in [1.807, 2.05) is 4.90 Å². The van der Waals surface area contributed by atoms with Gasteiger partial charge >= 0.3 is 6.09 Å². The van der Waals surface area contributed by atoms with Crippen molar-refractivity contribution in [1.29, 1.82) is 0 Å². The topological polar surface area (TPSA) is 44.8 Å². The lowest BCUT2D eigenvalue weighted by atomic mass is 9.71. The second-order valence-electron chi connectivity index (χ2n) is 8.78. The third-order valence-electron chi connectivity index (χ3n) is 7.86. The molecule has 5 heteroatoms. The normalized spacial score (nSPS) is 40.7. The summed E-state index contributed by atoms with van der Waals surface area (Å²) in [6.45, 7) is 10.7. The monoisotopic (exact) mass is 349 g/mol. The highest BCUT2D eigenvalue weighted by molar-refractivity contribution is 5.71. The summed E-state index contributed by atoms with van der Waals surface area (Å²) in [6.07, 6.45) is 8.29. The van der Waals surface area contributed by atoms with E-state index in [0.717, 1.165) is 51.0 Å². The van der Waals surface area contributed by atoms with Gasteiger partial charge in [0, 0.05) is 51.1 Å². The number of likely N-dealkylation sites (N-methyl/N-ethyl adjacent to an activating group) is 1. The van der Waals surface area contributed by atoms with Crippen LogP contribution in [0.15, 0.2) is 0 Å². The molecule has 4 aliphatic rings. The molecule has 0 radical (unpaired) electrons. The van der Waals surface area contributed by atoms with E-state index in [2.05, 4.69) is 31.0 Å². The summed E-state index contributed by atoms with van der Waals surface area (Å²) in [5.74, 6) is 0. The maximum absolute atomic E-state index is 12.3.